The first-order valence-electron chi connectivity index (χ1n) is 5.69. The monoisotopic (exact) mass is 225 g/mol. The van der Waals surface area contributed by atoms with Crippen molar-refractivity contribution in [3.8, 4) is 0 Å². The Morgan fingerprint density at radius 2 is 1.35 bits per heavy atom. The number of rotatable bonds is 4. The predicted molar refractivity (Wildman–Crippen MR) is 70.0 cm³/mol. The Morgan fingerprint density at radius 3 is 1.94 bits per heavy atom. The van der Waals surface area contributed by atoms with E-state index in [0.717, 1.165) is 15.9 Å². The van der Waals surface area contributed by atoms with Crippen LogP contribution in [-0.4, -0.2) is 11.0 Å². The van der Waals surface area contributed by atoms with Gasteiger partial charge < -0.3 is 5.21 Å². The molecule has 0 amide bonds. The van der Waals surface area contributed by atoms with Gasteiger partial charge in [-0.15, -0.1) is 0 Å². The minimum Gasteiger partial charge on any atom is -0.624 e. The van der Waals surface area contributed by atoms with Gasteiger partial charge in [0, 0.05) is 5.56 Å². The van der Waals surface area contributed by atoms with Crippen molar-refractivity contribution < 1.29 is 4.74 Å². The molecule has 0 N–H and O–H groups in total. The molecule has 2 nitrogen and oxygen atoms in total. The fourth-order valence-corrected chi connectivity index (χ4v) is 1.65. The number of hydrogen-bond donors (Lipinski definition) is 0. The molecule has 17 heavy (non-hydrogen) atoms. The normalized spacial score (nSPS) is 11.4. The van der Waals surface area contributed by atoms with E-state index in [9.17, 15) is 5.21 Å². The van der Waals surface area contributed by atoms with Crippen LogP contribution in [0.5, 0.6) is 0 Å². The van der Waals surface area contributed by atoms with Crippen molar-refractivity contribution in [3.63, 3.8) is 0 Å². The van der Waals surface area contributed by atoms with Crippen molar-refractivity contribution in [1.82, 2.24) is 0 Å². The molecule has 86 valence electrons. The van der Waals surface area contributed by atoms with Crippen molar-refractivity contribution in [1.29, 1.82) is 0 Å². The molecular formula is C15H15NO. The lowest BCUT2D eigenvalue weighted by atomic mass is 10.2. The van der Waals surface area contributed by atoms with Crippen LogP contribution >= 0.6 is 0 Å². The van der Waals surface area contributed by atoms with Crippen molar-refractivity contribution in [2.75, 3.05) is 0 Å². The third-order valence-electron chi connectivity index (χ3n) is 2.55. The van der Waals surface area contributed by atoms with Gasteiger partial charge in [0.15, 0.2) is 12.8 Å². The van der Waals surface area contributed by atoms with Crippen molar-refractivity contribution >= 4 is 6.21 Å². The molecule has 0 bridgehead atoms. The molecule has 0 saturated heterocycles. The zero-order valence-electron chi connectivity index (χ0n) is 9.62. The highest BCUT2D eigenvalue weighted by atomic mass is 16.5. The summed E-state index contributed by atoms with van der Waals surface area (Å²) in [4.78, 5) is 0. The molecule has 0 heterocycles. The first-order valence-corrected chi connectivity index (χ1v) is 5.69. The molecular weight excluding hydrogens is 210 g/mol. The van der Waals surface area contributed by atoms with Crippen molar-refractivity contribution in [2.45, 2.75) is 13.0 Å². The highest BCUT2D eigenvalue weighted by Crippen LogP contribution is 2.01. The van der Waals surface area contributed by atoms with Crippen LogP contribution in [0.15, 0.2) is 60.7 Å². The van der Waals surface area contributed by atoms with E-state index >= 15 is 0 Å². The number of hydrogen-bond acceptors (Lipinski definition) is 1. The molecule has 0 spiro atoms. The van der Waals surface area contributed by atoms with Crippen molar-refractivity contribution in [3.05, 3.63) is 77.0 Å². The Bertz CT molecular complexity index is 477. The molecule has 2 aromatic carbocycles. The second-order valence-electron chi connectivity index (χ2n) is 3.93. The summed E-state index contributed by atoms with van der Waals surface area (Å²) in [6, 6.07) is 19.7. The van der Waals surface area contributed by atoms with E-state index in [4.69, 9.17) is 0 Å². The second kappa shape index (κ2) is 5.85. The summed E-state index contributed by atoms with van der Waals surface area (Å²) >= 11 is 0. The Labute approximate surface area is 101 Å². The number of nitrogens with zero attached hydrogens (tertiary/aromatic N) is 1. The molecule has 0 radical (unpaired) electrons. The summed E-state index contributed by atoms with van der Waals surface area (Å²) in [6.07, 6.45) is 2.36. The van der Waals surface area contributed by atoms with Gasteiger partial charge in [0.1, 0.15) is 0 Å². The van der Waals surface area contributed by atoms with E-state index < -0.39 is 0 Å². The third-order valence-corrected chi connectivity index (χ3v) is 2.55. The molecule has 0 atom stereocenters. The Kier molecular flexibility index (Phi) is 3.92. The zero-order chi connectivity index (χ0) is 11.9. The average Bonchev–Trinajstić information content (AvgIpc) is 2.39. The molecule has 0 saturated carbocycles. The van der Waals surface area contributed by atoms with Crippen molar-refractivity contribution in [2.24, 2.45) is 0 Å². The summed E-state index contributed by atoms with van der Waals surface area (Å²) < 4.78 is 0.988. The molecule has 0 unspecified atom stereocenters. The lowest BCUT2D eigenvalue weighted by Crippen LogP contribution is -2.06. The fraction of sp³-hybridized carbons (Fsp3) is 0.133. The first-order chi connectivity index (χ1) is 8.34. The van der Waals surface area contributed by atoms with Gasteiger partial charge in [-0.3, -0.25) is 0 Å². The standard InChI is InChI=1S/C15H15NO/c17-16(13-15-9-5-2-6-10-15)12-11-14-7-3-1-4-8-14/h1-10,12H,11,13H2. The second-order valence-corrected chi connectivity index (χ2v) is 3.93. The summed E-state index contributed by atoms with van der Waals surface area (Å²) in [6.45, 7) is 0.410. The number of benzene rings is 2. The topological polar surface area (TPSA) is 26.1 Å². The van der Waals surface area contributed by atoms with Gasteiger partial charge in [0.05, 0.1) is 6.42 Å². The largest absolute Gasteiger partial charge is 0.624 e. The van der Waals surface area contributed by atoms with Crippen LogP contribution in [0.1, 0.15) is 11.1 Å². The zero-order valence-corrected chi connectivity index (χ0v) is 9.62. The third kappa shape index (κ3) is 3.76. The molecule has 0 aliphatic carbocycles. The molecule has 2 heteroatoms. The highest BCUT2D eigenvalue weighted by molar-refractivity contribution is 5.56. The Hall–Kier alpha value is -2.09. The van der Waals surface area contributed by atoms with Gasteiger partial charge in [-0.1, -0.05) is 60.7 Å². The van der Waals surface area contributed by atoms with Gasteiger partial charge in [-0.05, 0) is 5.56 Å². The van der Waals surface area contributed by atoms with Gasteiger partial charge in [-0.2, -0.15) is 0 Å². The Balaban J connectivity index is 1.94. The predicted octanol–water partition coefficient (Wildman–Crippen LogP) is 3.01. The van der Waals surface area contributed by atoms with Gasteiger partial charge in [0.25, 0.3) is 0 Å². The quantitative estimate of drug-likeness (QED) is 0.340. The van der Waals surface area contributed by atoms with E-state index in [-0.39, 0.29) is 0 Å². The van der Waals surface area contributed by atoms with Crippen LogP contribution in [0.25, 0.3) is 0 Å². The summed E-state index contributed by atoms with van der Waals surface area (Å²) in [5, 5.41) is 11.6. The maximum atomic E-state index is 11.6. The molecule has 0 aliphatic heterocycles. The summed E-state index contributed by atoms with van der Waals surface area (Å²) in [5.74, 6) is 0. The SMILES string of the molecule is [O-][N+](=CCc1ccccc1)Cc1ccccc1. The average molecular weight is 225 g/mol. The first kappa shape index (κ1) is 11.4. The van der Waals surface area contributed by atoms with Gasteiger partial charge >= 0.3 is 0 Å². The molecule has 0 aliphatic rings. The van der Waals surface area contributed by atoms with E-state index in [1.54, 1.807) is 6.21 Å². The lowest BCUT2D eigenvalue weighted by molar-refractivity contribution is -0.471. The van der Waals surface area contributed by atoms with Crippen LogP contribution in [0, 0.1) is 5.21 Å². The fourth-order valence-electron chi connectivity index (χ4n) is 1.65. The smallest absolute Gasteiger partial charge is 0.178 e. The molecule has 2 rings (SSSR count). The minimum absolute atomic E-state index is 0.410. The molecule has 0 aromatic heterocycles. The van der Waals surface area contributed by atoms with E-state index in [1.807, 2.05) is 60.7 Å². The maximum absolute atomic E-state index is 11.6. The Morgan fingerprint density at radius 1 is 0.824 bits per heavy atom. The van der Waals surface area contributed by atoms with E-state index in [0.29, 0.717) is 13.0 Å². The highest BCUT2D eigenvalue weighted by Gasteiger charge is 1.97. The van der Waals surface area contributed by atoms with Crippen LogP contribution in [0.4, 0.5) is 0 Å². The number of hydroxylamine groups is 1. The maximum Gasteiger partial charge on any atom is 0.178 e. The van der Waals surface area contributed by atoms with E-state index in [1.165, 1.54) is 0 Å². The van der Waals surface area contributed by atoms with Crippen LogP contribution in [0.3, 0.4) is 0 Å². The van der Waals surface area contributed by atoms with Crippen LogP contribution in [-0.2, 0) is 13.0 Å². The van der Waals surface area contributed by atoms with Crippen LogP contribution < -0.4 is 0 Å². The van der Waals surface area contributed by atoms with E-state index in [2.05, 4.69) is 0 Å². The minimum atomic E-state index is 0.410. The summed E-state index contributed by atoms with van der Waals surface area (Å²) in [5.41, 5.74) is 2.19. The van der Waals surface area contributed by atoms with Crippen LogP contribution in [0.2, 0.25) is 0 Å². The molecule has 0 fully saturated rings. The van der Waals surface area contributed by atoms with Gasteiger partial charge in [0.2, 0.25) is 0 Å². The van der Waals surface area contributed by atoms with Gasteiger partial charge in [-0.25, -0.2) is 4.74 Å². The lowest BCUT2D eigenvalue weighted by Gasteiger charge is -2.04. The summed E-state index contributed by atoms with van der Waals surface area (Å²) in [7, 11) is 0. The molecule has 2 aromatic rings.